The van der Waals surface area contributed by atoms with Gasteiger partial charge in [0.25, 0.3) is 0 Å². The average Bonchev–Trinajstić information content (AvgIpc) is 2.47. The predicted octanol–water partition coefficient (Wildman–Crippen LogP) is 2.56. The molecule has 1 N–H and O–H groups in total. The van der Waals surface area contributed by atoms with E-state index in [1.807, 2.05) is 6.07 Å². The summed E-state index contributed by atoms with van der Waals surface area (Å²) in [7, 11) is 0. The Morgan fingerprint density at radius 3 is 2.25 bits per heavy atom. The van der Waals surface area contributed by atoms with Gasteiger partial charge in [-0.15, -0.1) is 0 Å². The van der Waals surface area contributed by atoms with Crippen LogP contribution in [-0.4, -0.2) is 5.91 Å². The number of carbonyl (C=O) groups excluding carboxylic acids is 1. The fourth-order valence-electron chi connectivity index (χ4n) is 1.75. The number of benzene rings is 2. The van der Waals surface area contributed by atoms with E-state index in [4.69, 9.17) is 5.26 Å². The third kappa shape index (κ3) is 3.92. The van der Waals surface area contributed by atoms with Gasteiger partial charge in [0, 0.05) is 6.54 Å². The highest BCUT2D eigenvalue weighted by Crippen LogP contribution is 2.05. The van der Waals surface area contributed by atoms with Gasteiger partial charge in [0.05, 0.1) is 18.1 Å². The van der Waals surface area contributed by atoms with Crippen molar-refractivity contribution in [2.75, 3.05) is 0 Å². The molecule has 3 nitrogen and oxygen atoms in total. The topological polar surface area (TPSA) is 52.9 Å². The summed E-state index contributed by atoms with van der Waals surface area (Å²) in [6.45, 7) is 0.370. The SMILES string of the molecule is N#Cc1ccc(CC(=O)NCc2ccc(F)cc2)cc1. The number of nitrogens with zero attached hydrogens (tertiary/aromatic N) is 1. The minimum Gasteiger partial charge on any atom is -0.352 e. The number of hydrogen-bond donors (Lipinski definition) is 1. The van der Waals surface area contributed by atoms with Gasteiger partial charge in [0.15, 0.2) is 0 Å². The maximum absolute atomic E-state index is 12.7. The van der Waals surface area contributed by atoms with E-state index in [2.05, 4.69) is 5.32 Å². The fourth-order valence-corrected chi connectivity index (χ4v) is 1.75. The molecule has 2 rings (SSSR count). The van der Waals surface area contributed by atoms with Crippen molar-refractivity contribution in [1.82, 2.24) is 5.32 Å². The molecular formula is C16H13FN2O. The van der Waals surface area contributed by atoms with Gasteiger partial charge in [-0.05, 0) is 35.4 Å². The van der Waals surface area contributed by atoms with E-state index in [1.54, 1.807) is 36.4 Å². The van der Waals surface area contributed by atoms with E-state index in [9.17, 15) is 9.18 Å². The molecule has 20 heavy (non-hydrogen) atoms. The van der Waals surface area contributed by atoms with Crippen molar-refractivity contribution >= 4 is 5.91 Å². The summed E-state index contributed by atoms with van der Waals surface area (Å²) in [5.41, 5.74) is 2.26. The van der Waals surface area contributed by atoms with Crippen LogP contribution in [0.1, 0.15) is 16.7 Å². The Morgan fingerprint density at radius 1 is 1.05 bits per heavy atom. The lowest BCUT2D eigenvalue weighted by Crippen LogP contribution is -2.24. The van der Waals surface area contributed by atoms with Gasteiger partial charge in [-0.25, -0.2) is 4.39 Å². The molecule has 0 radical (unpaired) electrons. The molecule has 0 aliphatic heterocycles. The van der Waals surface area contributed by atoms with Crippen LogP contribution in [0.5, 0.6) is 0 Å². The van der Waals surface area contributed by atoms with Crippen molar-refractivity contribution < 1.29 is 9.18 Å². The van der Waals surface area contributed by atoms with Crippen LogP contribution in [0.4, 0.5) is 4.39 Å². The summed E-state index contributed by atoms with van der Waals surface area (Å²) in [6.07, 6.45) is 0.257. The van der Waals surface area contributed by atoms with Gasteiger partial charge >= 0.3 is 0 Å². The lowest BCUT2D eigenvalue weighted by atomic mass is 10.1. The Bertz CT molecular complexity index is 627. The standard InChI is InChI=1S/C16H13FN2O/c17-15-7-5-14(6-8-15)11-19-16(20)9-12-1-3-13(10-18)4-2-12/h1-8H,9,11H2,(H,19,20). The number of nitriles is 1. The second kappa shape index (κ2) is 6.48. The summed E-state index contributed by atoms with van der Waals surface area (Å²) in [5, 5.41) is 11.5. The summed E-state index contributed by atoms with van der Waals surface area (Å²) in [4.78, 5) is 11.8. The normalized spacial score (nSPS) is 9.80. The number of hydrogen-bond acceptors (Lipinski definition) is 2. The van der Waals surface area contributed by atoms with Crippen molar-refractivity contribution in [1.29, 1.82) is 5.26 Å². The maximum Gasteiger partial charge on any atom is 0.224 e. The first kappa shape index (κ1) is 13.8. The lowest BCUT2D eigenvalue weighted by molar-refractivity contribution is -0.120. The third-order valence-electron chi connectivity index (χ3n) is 2.85. The van der Waals surface area contributed by atoms with E-state index in [1.165, 1.54) is 12.1 Å². The van der Waals surface area contributed by atoms with Gasteiger partial charge in [-0.3, -0.25) is 4.79 Å². The number of halogens is 1. The molecule has 0 saturated heterocycles. The highest BCUT2D eigenvalue weighted by atomic mass is 19.1. The lowest BCUT2D eigenvalue weighted by Gasteiger charge is -2.05. The minimum atomic E-state index is -0.294. The van der Waals surface area contributed by atoms with E-state index < -0.39 is 0 Å². The third-order valence-corrected chi connectivity index (χ3v) is 2.85. The van der Waals surface area contributed by atoms with Gasteiger partial charge in [-0.2, -0.15) is 5.26 Å². The van der Waals surface area contributed by atoms with E-state index in [0.717, 1.165) is 11.1 Å². The second-order valence-corrected chi connectivity index (χ2v) is 4.39. The number of amides is 1. The van der Waals surface area contributed by atoms with Gasteiger partial charge in [0.1, 0.15) is 5.82 Å². The molecule has 0 spiro atoms. The first-order valence-corrected chi connectivity index (χ1v) is 6.17. The Hall–Kier alpha value is -2.67. The molecule has 0 fully saturated rings. The van der Waals surface area contributed by atoms with Gasteiger partial charge in [-0.1, -0.05) is 24.3 Å². The molecule has 100 valence electrons. The first-order valence-electron chi connectivity index (χ1n) is 6.17. The van der Waals surface area contributed by atoms with Crippen LogP contribution in [0.2, 0.25) is 0 Å². The largest absolute Gasteiger partial charge is 0.352 e. The van der Waals surface area contributed by atoms with Crippen LogP contribution in [0.15, 0.2) is 48.5 Å². The zero-order chi connectivity index (χ0) is 14.4. The molecular weight excluding hydrogens is 255 g/mol. The Morgan fingerprint density at radius 2 is 1.65 bits per heavy atom. The molecule has 1 amide bonds. The van der Waals surface area contributed by atoms with Crippen molar-refractivity contribution in [2.24, 2.45) is 0 Å². The maximum atomic E-state index is 12.7. The van der Waals surface area contributed by atoms with Gasteiger partial charge in [0.2, 0.25) is 5.91 Å². The molecule has 0 aromatic heterocycles. The zero-order valence-corrected chi connectivity index (χ0v) is 10.8. The molecule has 2 aromatic rings. The molecule has 0 unspecified atom stereocenters. The molecule has 0 aliphatic rings. The number of rotatable bonds is 4. The highest BCUT2D eigenvalue weighted by Gasteiger charge is 2.03. The first-order chi connectivity index (χ1) is 9.67. The smallest absolute Gasteiger partial charge is 0.224 e. The van der Waals surface area contributed by atoms with Crippen LogP contribution < -0.4 is 5.32 Å². The Balaban J connectivity index is 1.86. The Kier molecular flexibility index (Phi) is 4.46. The van der Waals surface area contributed by atoms with Gasteiger partial charge < -0.3 is 5.32 Å². The van der Waals surface area contributed by atoms with E-state index >= 15 is 0 Å². The van der Waals surface area contributed by atoms with E-state index in [0.29, 0.717) is 12.1 Å². The van der Waals surface area contributed by atoms with Crippen molar-refractivity contribution in [2.45, 2.75) is 13.0 Å². The quantitative estimate of drug-likeness (QED) is 0.926. The molecule has 0 heterocycles. The fraction of sp³-hybridized carbons (Fsp3) is 0.125. The van der Waals surface area contributed by atoms with E-state index in [-0.39, 0.29) is 18.1 Å². The molecule has 0 saturated carbocycles. The minimum absolute atomic E-state index is 0.112. The predicted molar refractivity (Wildman–Crippen MR) is 73.1 cm³/mol. The van der Waals surface area contributed by atoms with Crippen LogP contribution in [0.25, 0.3) is 0 Å². The second-order valence-electron chi connectivity index (χ2n) is 4.39. The Labute approximate surface area is 116 Å². The number of nitrogens with one attached hydrogen (secondary N) is 1. The molecule has 2 aromatic carbocycles. The average molecular weight is 268 g/mol. The number of carbonyl (C=O) groups is 1. The summed E-state index contributed by atoms with van der Waals surface area (Å²) >= 11 is 0. The van der Waals surface area contributed by atoms with Crippen LogP contribution in [-0.2, 0) is 17.8 Å². The summed E-state index contributed by atoms with van der Waals surface area (Å²) < 4.78 is 12.7. The molecule has 0 atom stereocenters. The van der Waals surface area contributed by atoms with Crippen molar-refractivity contribution in [3.63, 3.8) is 0 Å². The van der Waals surface area contributed by atoms with Crippen molar-refractivity contribution in [3.05, 3.63) is 71.0 Å². The molecule has 0 bridgehead atoms. The van der Waals surface area contributed by atoms with Crippen LogP contribution in [0.3, 0.4) is 0 Å². The zero-order valence-electron chi connectivity index (χ0n) is 10.8. The summed E-state index contributed by atoms with van der Waals surface area (Å²) in [6, 6.07) is 14.9. The van der Waals surface area contributed by atoms with Crippen molar-refractivity contribution in [3.8, 4) is 6.07 Å². The van der Waals surface area contributed by atoms with Crippen LogP contribution >= 0.6 is 0 Å². The molecule has 0 aliphatic carbocycles. The van der Waals surface area contributed by atoms with Crippen LogP contribution in [0, 0.1) is 17.1 Å². The highest BCUT2D eigenvalue weighted by molar-refractivity contribution is 5.78. The summed E-state index contributed by atoms with van der Waals surface area (Å²) in [5.74, 6) is -0.406. The monoisotopic (exact) mass is 268 g/mol. The molecule has 4 heteroatoms.